The molecule has 0 aliphatic carbocycles. The highest BCUT2D eigenvalue weighted by molar-refractivity contribution is 5.87. The van der Waals surface area contributed by atoms with Crippen molar-refractivity contribution in [3.05, 3.63) is 45.6 Å². The summed E-state index contributed by atoms with van der Waals surface area (Å²) in [5.41, 5.74) is 8.20. The monoisotopic (exact) mass is 195 g/mol. The van der Waals surface area contributed by atoms with Crippen LogP contribution in [0.2, 0.25) is 0 Å². The number of hydrogen-bond acceptors (Lipinski definition) is 2. The molecule has 0 aliphatic rings. The Morgan fingerprint density at radius 1 is 1.57 bits per heavy atom. The van der Waals surface area contributed by atoms with Crippen LogP contribution in [0, 0.1) is 5.82 Å². The van der Waals surface area contributed by atoms with Gasteiger partial charge in [-0.3, -0.25) is 0 Å². The molecule has 0 unspecified atom stereocenters. The van der Waals surface area contributed by atoms with Crippen LogP contribution in [0.3, 0.4) is 0 Å². The smallest absolute Gasteiger partial charge is 0.335 e. The molecule has 0 heterocycles. The summed E-state index contributed by atoms with van der Waals surface area (Å²) in [5, 5.41) is 11.8. The van der Waals surface area contributed by atoms with Gasteiger partial charge in [-0.05, 0) is 29.3 Å². The van der Waals surface area contributed by atoms with Gasteiger partial charge in [-0.1, -0.05) is 5.11 Å². The number of carboxylic acid groups (broad SMARTS) is 1. The minimum absolute atomic E-state index is 0.0610. The fourth-order valence-corrected chi connectivity index (χ4v) is 0.978. The quantitative estimate of drug-likeness (QED) is 0.455. The lowest BCUT2D eigenvalue weighted by Crippen LogP contribution is -1.98. The third kappa shape index (κ3) is 2.46. The van der Waals surface area contributed by atoms with E-state index in [2.05, 4.69) is 10.0 Å². The molecule has 1 aromatic carbocycles. The van der Waals surface area contributed by atoms with Crippen molar-refractivity contribution in [2.75, 3.05) is 0 Å². The molecule has 0 bridgehead atoms. The normalized spacial score (nSPS) is 9.21. The number of hydrogen-bond donors (Lipinski definition) is 1. The molecule has 1 rings (SSSR count). The Morgan fingerprint density at radius 2 is 2.29 bits per heavy atom. The molecule has 0 spiro atoms. The second-order valence-electron chi connectivity index (χ2n) is 2.54. The zero-order chi connectivity index (χ0) is 10.6. The van der Waals surface area contributed by atoms with E-state index in [0.29, 0.717) is 5.56 Å². The Hall–Kier alpha value is -2.07. The first-order chi connectivity index (χ1) is 6.63. The predicted octanol–water partition coefficient (Wildman–Crippen LogP) is 2.33. The number of aromatic carboxylic acids is 1. The Balaban J connectivity index is 3.06. The SMILES string of the molecule is [N-]=[N+]=NCc1cc(F)cc(C(=O)O)c1. The van der Waals surface area contributed by atoms with E-state index in [0.717, 1.165) is 12.1 Å². The lowest BCUT2D eigenvalue weighted by atomic mass is 10.1. The number of nitrogens with zero attached hydrogens (tertiary/aromatic N) is 3. The lowest BCUT2D eigenvalue weighted by Gasteiger charge is -1.99. The van der Waals surface area contributed by atoms with Crippen molar-refractivity contribution in [2.24, 2.45) is 5.11 Å². The molecule has 1 aromatic rings. The first-order valence-corrected chi connectivity index (χ1v) is 3.67. The second kappa shape index (κ2) is 4.25. The third-order valence-electron chi connectivity index (χ3n) is 1.52. The summed E-state index contributed by atoms with van der Waals surface area (Å²) in [5.74, 6) is -1.88. The van der Waals surface area contributed by atoms with Crippen molar-refractivity contribution in [2.45, 2.75) is 6.54 Å². The van der Waals surface area contributed by atoms with Gasteiger partial charge in [0.1, 0.15) is 5.82 Å². The molecule has 0 saturated heterocycles. The number of carbonyl (C=O) groups is 1. The summed E-state index contributed by atoms with van der Waals surface area (Å²) in [6.45, 7) is -0.0610. The van der Waals surface area contributed by atoms with E-state index in [1.807, 2.05) is 0 Å². The van der Waals surface area contributed by atoms with Gasteiger partial charge in [0.05, 0.1) is 12.1 Å². The Morgan fingerprint density at radius 3 is 2.86 bits per heavy atom. The molecule has 0 atom stereocenters. The zero-order valence-electron chi connectivity index (χ0n) is 7.01. The molecule has 0 aliphatic heterocycles. The summed E-state index contributed by atoms with van der Waals surface area (Å²) in [6, 6.07) is 3.29. The van der Waals surface area contributed by atoms with Crippen LogP contribution >= 0.6 is 0 Å². The van der Waals surface area contributed by atoms with Gasteiger partial charge >= 0.3 is 5.97 Å². The van der Waals surface area contributed by atoms with E-state index in [1.165, 1.54) is 6.07 Å². The minimum atomic E-state index is -1.22. The van der Waals surface area contributed by atoms with Crippen LogP contribution in [-0.4, -0.2) is 11.1 Å². The van der Waals surface area contributed by atoms with Crippen molar-refractivity contribution in [3.8, 4) is 0 Å². The van der Waals surface area contributed by atoms with E-state index < -0.39 is 11.8 Å². The average molecular weight is 195 g/mol. The average Bonchev–Trinajstić information content (AvgIpc) is 2.14. The summed E-state index contributed by atoms with van der Waals surface area (Å²) in [6.07, 6.45) is 0. The van der Waals surface area contributed by atoms with Gasteiger partial charge in [-0.25, -0.2) is 9.18 Å². The maximum atomic E-state index is 12.8. The molecule has 1 N–H and O–H groups in total. The second-order valence-corrected chi connectivity index (χ2v) is 2.54. The van der Waals surface area contributed by atoms with Gasteiger partial charge in [-0.15, -0.1) is 0 Å². The van der Waals surface area contributed by atoms with Crippen molar-refractivity contribution in [3.63, 3.8) is 0 Å². The number of carboxylic acids is 1. The van der Waals surface area contributed by atoms with Crippen LogP contribution in [0.5, 0.6) is 0 Å². The fraction of sp³-hybridized carbons (Fsp3) is 0.125. The van der Waals surface area contributed by atoms with Crippen LogP contribution in [0.4, 0.5) is 4.39 Å². The largest absolute Gasteiger partial charge is 0.478 e. The summed E-state index contributed by atoms with van der Waals surface area (Å²) in [4.78, 5) is 13.0. The molecule has 0 saturated carbocycles. The molecule has 6 heteroatoms. The van der Waals surface area contributed by atoms with Crippen LogP contribution in [0.1, 0.15) is 15.9 Å². The molecule has 0 radical (unpaired) electrons. The highest BCUT2D eigenvalue weighted by Crippen LogP contribution is 2.10. The Kier molecular flexibility index (Phi) is 3.04. The van der Waals surface area contributed by atoms with Crippen molar-refractivity contribution < 1.29 is 14.3 Å². The lowest BCUT2D eigenvalue weighted by molar-refractivity contribution is 0.0696. The van der Waals surface area contributed by atoms with Crippen molar-refractivity contribution in [1.82, 2.24) is 0 Å². The molecule has 0 aromatic heterocycles. The molecule has 5 nitrogen and oxygen atoms in total. The van der Waals surface area contributed by atoms with E-state index in [1.54, 1.807) is 0 Å². The van der Waals surface area contributed by atoms with Crippen molar-refractivity contribution in [1.29, 1.82) is 0 Å². The topological polar surface area (TPSA) is 86.1 Å². The number of azide groups is 1. The van der Waals surface area contributed by atoms with Crippen LogP contribution < -0.4 is 0 Å². The molecular formula is C8H6FN3O2. The van der Waals surface area contributed by atoms with Gasteiger partial charge in [-0.2, -0.15) is 0 Å². The summed E-state index contributed by atoms with van der Waals surface area (Å²) in [7, 11) is 0. The van der Waals surface area contributed by atoms with Gasteiger partial charge in [0.25, 0.3) is 0 Å². The van der Waals surface area contributed by atoms with E-state index in [4.69, 9.17) is 10.6 Å². The minimum Gasteiger partial charge on any atom is -0.478 e. The number of benzene rings is 1. The zero-order valence-corrected chi connectivity index (χ0v) is 7.01. The van der Waals surface area contributed by atoms with Crippen LogP contribution in [-0.2, 0) is 6.54 Å². The number of rotatable bonds is 3. The Bertz CT molecular complexity index is 413. The first-order valence-electron chi connectivity index (χ1n) is 3.67. The van der Waals surface area contributed by atoms with Gasteiger partial charge in [0.2, 0.25) is 0 Å². The number of halogens is 1. The van der Waals surface area contributed by atoms with E-state index in [-0.39, 0.29) is 12.1 Å². The van der Waals surface area contributed by atoms with Gasteiger partial charge in [0.15, 0.2) is 0 Å². The molecular weight excluding hydrogens is 189 g/mol. The highest BCUT2D eigenvalue weighted by atomic mass is 19.1. The van der Waals surface area contributed by atoms with Gasteiger partial charge < -0.3 is 5.11 Å². The maximum absolute atomic E-state index is 12.8. The maximum Gasteiger partial charge on any atom is 0.335 e. The third-order valence-corrected chi connectivity index (χ3v) is 1.52. The predicted molar refractivity (Wildman–Crippen MR) is 46.2 cm³/mol. The molecule has 14 heavy (non-hydrogen) atoms. The summed E-state index contributed by atoms with van der Waals surface area (Å²) >= 11 is 0. The standard InChI is InChI=1S/C8H6FN3O2/c9-7-2-5(4-11-12-10)1-6(3-7)8(13)14/h1-3H,4H2,(H,13,14). The molecule has 72 valence electrons. The van der Waals surface area contributed by atoms with Crippen LogP contribution in [0.15, 0.2) is 23.3 Å². The first kappa shape index (κ1) is 10.0. The van der Waals surface area contributed by atoms with Gasteiger partial charge in [0, 0.05) is 4.91 Å². The molecule has 0 fully saturated rings. The highest BCUT2D eigenvalue weighted by Gasteiger charge is 2.06. The van der Waals surface area contributed by atoms with E-state index >= 15 is 0 Å². The van der Waals surface area contributed by atoms with E-state index in [9.17, 15) is 9.18 Å². The summed E-state index contributed by atoms with van der Waals surface area (Å²) < 4.78 is 12.8. The Labute approximate surface area is 78.4 Å². The van der Waals surface area contributed by atoms with Crippen molar-refractivity contribution >= 4 is 5.97 Å². The molecule has 0 amide bonds. The fourth-order valence-electron chi connectivity index (χ4n) is 0.978. The van der Waals surface area contributed by atoms with Crippen LogP contribution in [0.25, 0.3) is 10.4 Å².